The molecule has 1 saturated heterocycles. The van der Waals surface area contributed by atoms with Crippen LogP contribution in [0.4, 0.5) is 5.69 Å². The highest BCUT2D eigenvalue weighted by molar-refractivity contribution is 6.32. The topological polar surface area (TPSA) is 53.6 Å². The van der Waals surface area contributed by atoms with Crippen LogP contribution in [0, 0.1) is 0 Å². The Hall–Kier alpha value is -0.720. The molecule has 0 spiro atoms. The average Bonchev–Trinajstić information content (AvgIpc) is 2.93. The van der Waals surface area contributed by atoms with Crippen LogP contribution in [0.5, 0.6) is 5.75 Å². The molecule has 0 aromatic heterocycles. The first kappa shape index (κ1) is 23.3. The molecule has 24 heavy (non-hydrogen) atoms. The van der Waals surface area contributed by atoms with E-state index in [1.54, 1.807) is 12.1 Å². The zero-order chi connectivity index (χ0) is 15.9. The van der Waals surface area contributed by atoms with Crippen LogP contribution in [-0.2, 0) is 4.79 Å². The third kappa shape index (κ3) is 7.90. The number of ether oxygens (including phenoxy) is 1. The second-order valence-corrected chi connectivity index (χ2v) is 6.25. The Labute approximate surface area is 161 Å². The summed E-state index contributed by atoms with van der Waals surface area (Å²) >= 11 is 6.20. The van der Waals surface area contributed by atoms with Crippen molar-refractivity contribution in [3.8, 4) is 5.75 Å². The molecule has 5 nitrogen and oxygen atoms in total. The zero-order valence-corrected chi connectivity index (χ0v) is 16.4. The number of halogens is 3. The summed E-state index contributed by atoms with van der Waals surface area (Å²) in [6.45, 7) is 2.40. The normalized spacial score (nSPS) is 16.2. The van der Waals surface area contributed by atoms with Crippen LogP contribution in [0.1, 0.15) is 19.3 Å². The highest BCUT2D eigenvalue weighted by atomic mass is 35.5. The molecule has 0 radical (unpaired) electrons. The first-order chi connectivity index (χ1) is 10.5. The van der Waals surface area contributed by atoms with E-state index in [4.69, 9.17) is 16.3 Å². The van der Waals surface area contributed by atoms with Gasteiger partial charge < -0.3 is 20.3 Å². The predicted octanol–water partition coefficient (Wildman–Crippen LogP) is 3.20. The number of hydrogen-bond donors (Lipinski definition) is 2. The van der Waals surface area contributed by atoms with Crippen molar-refractivity contribution in [1.82, 2.24) is 10.2 Å². The van der Waals surface area contributed by atoms with Crippen LogP contribution in [0.25, 0.3) is 0 Å². The highest BCUT2D eigenvalue weighted by Crippen LogP contribution is 2.27. The van der Waals surface area contributed by atoms with Gasteiger partial charge in [-0.05, 0) is 51.7 Å². The van der Waals surface area contributed by atoms with Gasteiger partial charge in [0.15, 0.2) is 0 Å². The summed E-state index contributed by atoms with van der Waals surface area (Å²) in [6, 6.07) is 5.63. The summed E-state index contributed by atoms with van der Waals surface area (Å²) < 4.78 is 5.62. The fraction of sp³-hybridized carbons (Fsp3) is 0.562. The summed E-state index contributed by atoms with van der Waals surface area (Å²) in [5.74, 6) is 0.649. The molecular formula is C16H26Cl3N3O2. The number of anilines is 1. The van der Waals surface area contributed by atoms with Gasteiger partial charge in [-0.3, -0.25) is 4.79 Å². The van der Waals surface area contributed by atoms with Crippen LogP contribution in [-0.4, -0.2) is 50.6 Å². The first-order valence-electron chi connectivity index (χ1n) is 7.65. The molecule has 2 N–H and O–H groups in total. The number of amides is 1. The highest BCUT2D eigenvalue weighted by Gasteiger charge is 2.17. The van der Waals surface area contributed by atoms with Gasteiger partial charge >= 0.3 is 0 Å². The zero-order valence-electron chi connectivity index (χ0n) is 14.0. The SMILES string of the molecule is CN(C)CCOc1ccc(NC(=O)CC2CCCN2)cc1Cl.Cl.Cl. The smallest absolute Gasteiger partial charge is 0.225 e. The van der Waals surface area contributed by atoms with Crippen molar-refractivity contribution >= 4 is 48.0 Å². The fourth-order valence-electron chi connectivity index (χ4n) is 2.40. The Morgan fingerprint density at radius 3 is 2.75 bits per heavy atom. The molecule has 138 valence electrons. The van der Waals surface area contributed by atoms with Crippen molar-refractivity contribution in [2.24, 2.45) is 0 Å². The van der Waals surface area contributed by atoms with E-state index in [9.17, 15) is 4.79 Å². The molecule has 1 atom stereocenters. The second kappa shape index (κ2) is 11.8. The summed E-state index contributed by atoms with van der Waals surface area (Å²) in [5, 5.41) is 6.71. The molecule has 1 heterocycles. The van der Waals surface area contributed by atoms with E-state index < -0.39 is 0 Å². The van der Waals surface area contributed by atoms with Gasteiger partial charge in [-0.25, -0.2) is 0 Å². The Morgan fingerprint density at radius 2 is 2.17 bits per heavy atom. The molecule has 1 aliphatic rings. The molecule has 1 aliphatic heterocycles. The molecule has 1 fully saturated rings. The maximum absolute atomic E-state index is 12.0. The molecule has 0 aliphatic carbocycles. The third-order valence-corrected chi connectivity index (χ3v) is 3.90. The Morgan fingerprint density at radius 1 is 1.42 bits per heavy atom. The second-order valence-electron chi connectivity index (χ2n) is 5.84. The largest absolute Gasteiger partial charge is 0.491 e. The standard InChI is InChI=1S/C16H24ClN3O2.2ClH/c1-20(2)8-9-22-15-6-5-13(10-14(15)17)19-16(21)11-12-4-3-7-18-12;;/h5-6,10,12,18H,3-4,7-9,11H2,1-2H3,(H,19,21);2*1H. The number of nitrogens with one attached hydrogen (secondary N) is 2. The van der Waals surface area contributed by atoms with E-state index >= 15 is 0 Å². The summed E-state index contributed by atoms with van der Waals surface area (Å²) in [5.41, 5.74) is 0.702. The molecule has 8 heteroatoms. The van der Waals surface area contributed by atoms with Crippen molar-refractivity contribution < 1.29 is 9.53 Å². The molecule has 1 amide bonds. The molecule has 0 bridgehead atoms. The van der Waals surface area contributed by atoms with Gasteiger partial charge in [-0.15, -0.1) is 24.8 Å². The molecule has 1 aromatic carbocycles. The predicted molar refractivity (Wildman–Crippen MR) is 104 cm³/mol. The van der Waals surface area contributed by atoms with Gasteiger partial charge in [-0.1, -0.05) is 11.6 Å². The first-order valence-corrected chi connectivity index (χ1v) is 8.02. The summed E-state index contributed by atoms with van der Waals surface area (Å²) in [7, 11) is 3.98. The molecule has 1 aromatic rings. The van der Waals surface area contributed by atoms with E-state index in [0.717, 1.165) is 25.9 Å². The molecule has 1 unspecified atom stereocenters. The number of nitrogens with zero attached hydrogens (tertiary/aromatic N) is 1. The maximum atomic E-state index is 12.0. The number of carbonyl (C=O) groups is 1. The van der Waals surface area contributed by atoms with Crippen molar-refractivity contribution in [1.29, 1.82) is 0 Å². The molecule has 2 rings (SSSR count). The molecule has 0 saturated carbocycles. The van der Waals surface area contributed by atoms with Crippen molar-refractivity contribution in [2.45, 2.75) is 25.3 Å². The number of benzene rings is 1. The van der Waals surface area contributed by atoms with Crippen LogP contribution >= 0.6 is 36.4 Å². The third-order valence-electron chi connectivity index (χ3n) is 3.61. The van der Waals surface area contributed by atoms with Crippen molar-refractivity contribution in [2.75, 3.05) is 39.1 Å². The Kier molecular flexibility index (Phi) is 11.4. The lowest BCUT2D eigenvalue weighted by molar-refractivity contribution is -0.116. The van der Waals surface area contributed by atoms with Crippen LogP contribution in [0.15, 0.2) is 18.2 Å². The number of rotatable bonds is 7. The van der Waals surface area contributed by atoms with Gasteiger partial charge in [0.1, 0.15) is 12.4 Å². The minimum atomic E-state index is 0. The Balaban J connectivity index is 0.00000264. The lowest BCUT2D eigenvalue weighted by Crippen LogP contribution is -2.27. The monoisotopic (exact) mass is 397 g/mol. The summed E-state index contributed by atoms with van der Waals surface area (Å²) in [4.78, 5) is 14.0. The maximum Gasteiger partial charge on any atom is 0.225 e. The van der Waals surface area contributed by atoms with Gasteiger partial charge in [0.2, 0.25) is 5.91 Å². The average molecular weight is 399 g/mol. The van der Waals surface area contributed by atoms with Gasteiger partial charge in [0, 0.05) is 24.7 Å². The lowest BCUT2D eigenvalue weighted by Gasteiger charge is -2.14. The summed E-state index contributed by atoms with van der Waals surface area (Å²) in [6.07, 6.45) is 2.70. The minimum Gasteiger partial charge on any atom is -0.491 e. The van der Waals surface area contributed by atoms with E-state index in [2.05, 4.69) is 10.6 Å². The lowest BCUT2D eigenvalue weighted by atomic mass is 10.1. The van der Waals surface area contributed by atoms with Gasteiger partial charge in [0.05, 0.1) is 5.02 Å². The van der Waals surface area contributed by atoms with E-state index in [0.29, 0.717) is 35.5 Å². The number of carbonyl (C=O) groups excluding carboxylic acids is 1. The number of likely N-dealkylation sites (N-methyl/N-ethyl adjacent to an activating group) is 1. The van der Waals surface area contributed by atoms with Crippen molar-refractivity contribution in [3.05, 3.63) is 23.2 Å². The van der Waals surface area contributed by atoms with Gasteiger partial charge in [0.25, 0.3) is 0 Å². The number of hydrogen-bond acceptors (Lipinski definition) is 4. The quantitative estimate of drug-likeness (QED) is 0.740. The van der Waals surface area contributed by atoms with E-state index in [1.165, 1.54) is 0 Å². The fourth-order valence-corrected chi connectivity index (χ4v) is 2.64. The van der Waals surface area contributed by atoms with Gasteiger partial charge in [-0.2, -0.15) is 0 Å². The van der Waals surface area contributed by atoms with Crippen LogP contribution < -0.4 is 15.4 Å². The van der Waals surface area contributed by atoms with Crippen LogP contribution in [0.3, 0.4) is 0 Å². The van der Waals surface area contributed by atoms with E-state index in [1.807, 2.05) is 25.1 Å². The Bertz CT molecular complexity index is 509. The van der Waals surface area contributed by atoms with Crippen molar-refractivity contribution in [3.63, 3.8) is 0 Å². The van der Waals surface area contributed by atoms with E-state index in [-0.39, 0.29) is 30.7 Å². The molecular weight excluding hydrogens is 373 g/mol. The minimum absolute atomic E-state index is 0. The van der Waals surface area contributed by atoms with Crippen LogP contribution in [0.2, 0.25) is 5.02 Å².